The van der Waals surface area contributed by atoms with Crippen LogP contribution in [0.4, 0.5) is 17.6 Å². The summed E-state index contributed by atoms with van der Waals surface area (Å²) in [6.07, 6.45) is -4.39. The number of halogens is 5. The van der Waals surface area contributed by atoms with Crippen molar-refractivity contribution in [2.24, 2.45) is 4.99 Å². The lowest BCUT2D eigenvalue weighted by Gasteiger charge is -2.10. The maximum atomic E-state index is 13.6. The quantitative estimate of drug-likeness (QED) is 0.222. The molecule has 2 aromatic rings. The number of nitrogens with zero attached hydrogens (tertiary/aromatic N) is 1. The molecule has 0 saturated heterocycles. The predicted molar refractivity (Wildman–Crippen MR) is 108 cm³/mol. The zero-order chi connectivity index (χ0) is 19.0. The fourth-order valence-corrected chi connectivity index (χ4v) is 2.09. The molecule has 3 nitrogen and oxygen atoms in total. The van der Waals surface area contributed by atoms with E-state index in [0.29, 0.717) is 11.5 Å². The molecule has 0 spiro atoms. The molecule has 0 aromatic heterocycles. The number of benzene rings is 2. The van der Waals surface area contributed by atoms with Crippen molar-refractivity contribution in [1.82, 2.24) is 10.6 Å². The van der Waals surface area contributed by atoms with E-state index in [1.165, 1.54) is 18.2 Å². The van der Waals surface area contributed by atoms with Crippen LogP contribution in [0.15, 0.2) is 53.5 Å². The van der Waals surface area contributed by atoms with Crippen LogP contribution in [0.2, 0.25) is 0 Å². The SMILES string of the molecule is CN=C(NCC#Cc1cccc(C(F)(F)F)c1)NCc1ccccc1F.I. The summed E-state index contributed by atoms with van der Waals surface area (Å²) in [5.41, 5.74) is 0.0288. The fraction of sp³-hybridized carbons (Fsp3) is 0.211. The van der Waals surface area contributed by atoms with Crippen LogP contribution in [-0.2, 0) is 12.7 Å². The van der Waals surface area contributed by atoms with Crippen molar-refractivity contribution in [3.05, 3.63) is 71.0 Å². The van der Waals surface area contributed by atoms with E-state index in [0.717, 1.165) is 12.1 Å². The Morgan fingerprint density at radius 3 is 2.48 bits per heavy atom. The molecule has 8 heteroatoms. The molecule has 27 heavy (non-hydrogen) atoms. The van der Waals surface area contributed by atoms with E-state index in [1.807, 2.05) is 0 Å². The van der Waals surface area contributed by atoms with E-state index < -0.39 is 11.7 Å². The molecule has 144 valence electrons. The third-order valence-corrected chi connectivity index (χ3v) is 3.39. The van der Waals surface area contributed by atoms with Crippen molar-refractivity contribution in [2.45, 2.75) is 12.7 Å². The summed E-state index contributed by atoms with van der Waals surface area (Å²) in [5, 5.41) is 5.83. The third kappa shape index (κ3) is 7.46. The Labute approximate surface area is 172 Å². The van der Waals surface area contributed by atoms with Crippen LogP contribution < -0.4 is 10.6 Å². The number of aliphatic imine (C=N–C) groups is 1. The molecule has 0 heterocycles. The van der Waals surface area contributed by atoms with Crippen molar-refractivity contribution in [2.75, 3.05) is 13.6 Å². The molecule has 0 unspecified atom stereocenters. The molecular weight excluding hydrogens is 473 g/mol. The third-order valence-electron chi connectivity index (χ3n) is 3.39. The molecule has 0 atom stereocenters. The van der Waals surface area contributed by atoms with Gasteiger partial charge in [0.25, 0.3) is 0 Å². The first-order valence-corrected chi connectivity index (χ1v) is 7.74. The van der Waals surface area contributed by atoms with Gasteiger partial charge in [0.2, 0.25) is 0 Å². The Bertz CT molecular complexity index is 839. The van der Waals surface area contributed by atoms with E-state index in [4.69, 9.17) is 0 Å². The first-order valence-electron chi connectivity index (χ1n) is 7.74. The molecule has 0 aliphatic heterocycles. The van der Waals surface area contributed by atoms with Crippen LogP contribution in [0.3, 0.4) is 0 Å². The minimum absolute atomic E-state index is 0. The summed E-state index contributed by atoms with van der Waals surface area (Å²) in [4.78, 5) is 3.98. The minimum atomic E-state index is -4.39. The Kier molecular flexibility index (Phi) is 9.08. The van der Waals surface area contributed by atoms with Crippen molar-refractivity contribution in [3.8, 4) is 11.8 Å². The van der Waals surface area contributed by atoms with E-state index in [-0.39, 0.29) is 48.4 Å². The molecule has 0 radical (unpaired) electrons. The number of guanidine groups is 1. The second kappa shape index (κ2) is 10.8. The standard InChI is InChI=1S/C19H17F4N3.HI/c1-24-18(26-13-15-8-2-3-10-17(15)20)25-11-5-7-14-6-4-9-16(12-14)19(21,22)23;/h2-4,6,8-10,12H,11,13H2,1H3,(H2,24,25,26);1H. The zero-order valence-electron chi connectivity index (χ0n) is 14.4. The van der Waals surface area contributed by atoms with Crippen molar-refractivity contribution >= 4 is 29.9 Å². The van der Waals surface area contributed by atoms with E-state index in [9.17, 15) is 17.6 Å². The Morgan fingerprint density at radius 1 is 1.07 bits per heavy atom. The first-order chi connectivity index (χ1) is 12.4. The lowest BCUT2D eigenvalue weighted by atomic mass is 10.1. The summed E-state index contributed by atoms with van der Waals surface area (Å²) < 4.78 is 51.5. The highest BCUT2D eigenvalue weighted by Gasteiger charge is 2.30. The van der Waals surface area contributed by atoms with Crippen LogP contribution in [0, 0.1) is 17.7 Å². The highest BCUT2D eigenvalue weighted by Crippen LogP contribution is 2.29. The number of hydrogen-bond acceptors (Lipinski definition) is 1. The van der Waals surface area contributed by atoms with Gasteiger partial charge >= 0.3 is 6.18 Å². The van der Waals surface area contributed by atoms with Crippen LogP contribution in [-0.4, -0.2) is 19.6 Å². The van der Waals surface area contributed by atoms with Gasteiger partial charge in [-0.3, -0.25) is 4.99 Å². The second-order valence-corrected chi connectivity index (χ2v) is 5.25. The lowest BCUT2D eigenvalue weighted by molar-refractivity contribution is -0.137. The maximum Gasteiger partial charge on any atom is 0.416 e. The Hall–Kier alpha value is -2.28. The number of alkyl halides is 3. The monoisotopic (exact) mass is 491 g/mol. The molecule has 0 aliphatic rings. The summed E-state index contributed by atoms with van der Waals surface area (Å²) >= 11 is 0. The predicted octanol–water partition coefficient (Wildman–Crippen LogP) is 4.18. The number of hydrogen-bond donors (Lipinski definition) is 2. The van der Waals surface area contributed by atoms with Crippen LogP contribution in [0.1, 0.15) is 16.7 Å². The van der Waals surface area contributed by atoms with Gasteiger partial charge in [0.05, 0.1) is 12.1 Å². The Morgan fingerprint density at radius 2 is 1.81 bits per heavy atom. The largest absolute Gasteiger partial charge is 0.416 e. The number of nitrogens with one attached hydrogen (secondary N) is 2. The molecule has 0 saturated carbocycles. The minimum Gasteiger partial charge on any atom is -0.352 e. The van der Waals surface area contributed by atoms with Crippen LogP contribution in [0.25, 0.3) is 0 Å². The molecule has 0 amide bonds. The van der Waals surface area contributed by atoms with Gasteiger partial charge in [-0.2, -0.15) is 13.2 Å². The smallest absolute Gasteiger partial charge is 0.352 e. The maximum absolute atomic E-state index is 13.6. The summed E-state index contributed by atoms with van der Waals surface area (Å²) in [6.45, 7) is 0.417. The fourth-order valence-electron chi connectivity index (χ4n) is 2.09. The molecule has 2 N–H and O–H groups in total. The van der Waals surface area contributed by atoms with E-state index in [1.54, 1.807) is 25.2 Å². The van der Waals surface area contributed by atoms with Gasteiger partial charge in [-0.15, -0.1) is 24.0 Å². The highest BCUT2D eigenvalue weighted by molar-refractivity contribution is 14.0. The van der Waals surface area contributed by atoms with Gasteiger partial charge in [0.1, 0.15) is 5.82 Å². The zero-order valence-corrected chi connectivity index (χ0v) is 16.7. The van der Waals surface area contributed by atoms with Crippen LogP contribution in [0.5, 0.6) is 0 Å². The average molecular weight is 491 g/mol. The van der Waals surface area contributed by atoms with Crippen molar-refractivity contribution in [3.63, 3.8) is 0 Å². The second-order valence-electron chi connectivity index (χ2n) is 5.25. The van der Waals surface area contributed by atoms with Gasteiger partial charge in [-0.1, -0.05) is 36.1 Å². The van der Waals surface area contributed by atoms with Crippen LogP contribution >= 0.6 is 24.0 Å². The van der Waals surface area contributed by atoms with Gasteiger partial charge in [0, 0.05) is 24.7 Å². The molecule has 2 rings (SSSR count). The van der Waals surface area contributed by atoms with Crippen molar-refractivity contribution in [1.29, 1.82) is 0 Å². The summed E-state index contributed by atoms with van der Waals surface area (Å²) in [5.74, 6) is 5.48. The molecule has 0 fully saturated rings. The normalized spacial score (nSPS) is 11.1. The van der Waals surface area contributed by atoms with E-state index in [2.05, 4.69) is 27.5 Å². The van der Waals surface area contributed by atoms with Gasteiger partial charge in [-0.05, 0) is 24.3 Å². The topological polar surface area (TPSA) is 36.4 Å². The number of rotatable bonds is 3. The van der Waals surface area contributed by atoms with E-state index >= 15 is 0 Å². The molecular formula is C19H18F4IN3. The van der Waals surface area contributed by atoms with Crippen molar-refractivity contribution < 1.29 is 17.6 Å². The lowest BCUT2D eigenvalue weighted by Crippen LogP contribution is -2.37. The first kappa shape index (κ1) is 22.8. The molecule has 2 aromatic carbocycles. The summed E-state index contributed by atoms with van der Waals surface area (Å²) in [7, 11) is 1.55. The molecule has 0 bridgehead atoms. The summed E-state index contributed by atoms with van der Waals surface area (Å²) in [6, 6.07) is 11.2. The van der Waals surface area contributed by atoms with Gasteiger partial charge < -0.3 is 10.6 Å². The average Bonchev–Trinajstić information content (AvgIpc) is 2.62. The highest BCUT2D eigenvalue weighted by atomic mass is 127. The van der Waals surface area contributed by atoms with Gasteiger partial charge in [-0.25, -0.2) is 4.39 Å². The Balaban J connectivity index is 0.00000364. The van der Waals surface area contributed by atoms with Gasteiger partial charge in [0.15, 0.2) is 5.96 Å². The molecule has 0 aliphatic carbocycles.